The van der Waals surface area contributed by atoms with Crippen LogP contribution in [0.15, 0.2) is 48.7 Å². The Labute approximate surface area is 121 Å². The molecule has 0 aliphatic rings. The van der Waals surface area contributed by atoms with Crippen LogP contribution in [0.2, 0.25) is 0 Å². The van der Waals surface area contributed by atoms with Crippen molar-refractivity contribution in [3.63, 3.8) is 0 Å². The van der Waals surface area contributed by atoms with Crippen LogP contribution in [0.4, 0.5) is 4.39 Å². The van der Waals surface area contributed by atoms with Crippen molar-refractivity contribution in [2.24, 2.45) is 0 Å². The fourth-order valence-electron chi connectivity index (χ4n) is 2.32. The summed E-state index contributed by atoms with van der Waals surface area (Å²) in [6.45, 7) is 0.357. The van der Waals surface area contributed by atoms with Crippen molar-refractivity contribution in [2.75, 3.05) is 0 Å². The third kappa shape index (κ3) is 2.35. The van der Waals surface area contributed by atoms with E-state index in [2.05, 4.69) is 6.07 Å². The molecule has 21 heavy (non-hydrogen) atoms. The van der Waals surface area contributed by atoms with Crippen LogP contribution in [0.3, 0.4) is 0 Å². The molecule has 0 aliphatic heterocycles. The normalized spacial score (nSPS) is 10.2. The molecule has 0 saturated carbocycles. The van der Waals surface area contributed by atoms with Crippen molar-refractivity contribution in [2.45, 2.75) is 6.54 Å². The van der Waals surface area contributed by atoms with Gasteiger partial charge in [-0.2, -0.15) is 10.5 Å². The van der Waals surface area contributed by atoms with Crippen LogP contribution in [0.1, 0.15) is 16.7 Å². The lowest BCUT2D eigenvalue weighted by molar-refractivity contribution is 0.601. The summed E-state index contributed by atoms with van der Waals surface area (Å²) in [6.07, 6.45) is 1.86. The van der Waals surface area contributed by atoms with Crippen LogP contribution in [-0.4, -0.2) is 4.57 Å². The summed E-state index contributed by atoms with van der Waals surface area (Å²) in [4.78, 5) is 0. The first kappa shape index (κ1) is 12.9. The van der Waals surface area contributed by atoms with Gasteiger partial charge in [0.2, 0.25) is 0 Å². The van der Waals surface area contributed by atoms with Crippen molar-refractivity contribution < 1.29 is 4.39 Å². The molecule has 0 spiro atoms. The van der Waals surface area contributed by atoms with E-state index in [0.29, 0.717) is 23.2 Å². The van der Waals surface area contributed by atoms with E-state index in [9.17, 15) is 4.39 Å². The first-order chi connectivity index (χ1) is 10.2. The van der Waals surface area contributed by atoms with Crippen LogP contribution < -0.4 is 0 Å². The number of fused-ring (bicyclic) bond motifs is 1. The minimum absolute atomic E-state index is 0.306. The Balaban J connectivity index is 2.02. The molecule has 0 amide bonds. The summed E-state index contributed by atoms with van der Waals surface area (Å²) < 4.78 is 15.8. The first-order valence-corrected chi connectivity index (χ1v) is 6.39. The van der Waals surface area contributed by atoms with Crippen molar-refractivity contribution in [3.8, 4) is 12.1 Å². The SMILES string of the molecule is N#Cc1ccc(Cn2ccc3ccc(C#N)cc32)c(F)c1. The molecule has 0 atom stereocenters. The van der Waals surface area contributed by atoms with Gasteiger partial charge in [0.25, 0.3) is 0 Å². The lowest BCUT2D eigenvalue weighted by atomic mass is 10.1. The Hall–Kier alpha value is -3.11. The van der Waals surface area contributed by atoms with E-state index >= 15 is 0 Å². The van der Waals surface area contributed by atoms with Gasteiger partial charge in [0.15, 0.2) is 0 Å². The van der Waals surface area contributed by atoms with Crippen LogP contribution in [0.25, 0.3) is 10.9 Å². The third-order valence-corrected chi connectivity index (χ3v) is 3.43. The van der Waals surface area contributed by atoms with Gasteiger partial charge in [0.1, 0.15) is 5.82 Å². The van der Waals surface area contributed by atoms with E-state index in [4.69, 9.17) is 10.5 Å². The maximum atomic E-state index is 14.0. The average molecular weight is 275 g/mol. The summed E-state index contributed by atoms with van der Waals surface area (Å²) in [7, 11) is 0. The molecule has 0 fully saturated rings. The van der Waals surface area contributed by atoms with E-state index in [-0.39, 0.29) is 0 Å². The molecular weight excluding hydrogens is 265 g/mol. The van der Waals surface area contributed by atoms with Crippen molar-refractivity contribution in [1.29, 1.82) is 10.5 Å². The monoisotopic (exact) mass is 275 g/mol. The zero-order valence-electron chi connectivity index (χ0n) is 11.0. The van der Waals surface area contributed by atoms with Gasteiger partial charge in [-0.25, -0.2) is 4.39 Å². The standard InChI is InChI=1S/C17H10FN3/c18-16-7-12(9-19)2-4-15(16)11-21-6-5-14-3-1-13(10-20)8-17(14)21/h1-8H,11H2. The second kappa shape index (κ2) is 5.11. The highest BCUT2D eigenvalue weighted by atomic mass is 19.1. The predicted octanol–water partition coefficient (Wildman–Crippen LogP) is 3.57. The molecule has 4 heteroatoms. The number of hydrogen-bond acceptors (Lipinski definition) is 2. The molecule has 1 aromatic heterocycles. The summed E-state index contributed by atoms with van der Waals surface area (Å²) in [6, 6.07) is 15.8. The summed E-state index contributed by atoms with van der Waals surface area (Å²) in [5.74, 6) is -0.396. The minimum Gasteiger partial charge on any atom is -0.343 e. The van der Waals surface area contributed by atoms with Gasteiger partial charge in [-0.15, -0.1) is 0 Å². The second-order valence-electron chi connectivity index (χ2n) is 4.75. The Morgan fingerprint density at radius 1 is 0.952 bits per heavy atom. The third-order valence-electron chi connectivity index (χ3n) is 3.43. The number of benzene rings is 2. The van der Waals surface area contributed by atoms with Crippen LogP contribution in [-0.2, 0) is 6.54 Å². The fourth-order valence-corrected chi connectivity index (χ4v) is 2.32. The topological polar surface area (TPSA) is 52.5 Å². The Morgan fingerprint density at radius 3 is 2.38 bits per heavy atom. The Bertz CT molecular complexity index is 910. The van der Waals surface area contributed by atoms with E-state index in [1.807, 2.05) is 29.0 Å². The molecule has 3 aromatic rings. The molecule has 1 heterocycles. The lowest BCUT2D eigenvalue weighted by Crippen LogP contribution is -2.01. The van der Waals surface area contributed by atoms with Gasteiger partial charge in [-0.3, -0.25) is 0 Å². The van der Waals surface area contributed by atoms with Crippen LogP contribution in [0, 0.1) is 28.5 Å². The zero-order chi connectivity index (χ0) is 14.8. The second-order valence-corrected chi connectivity index (χ2v) is 4.75. The molecule has 3 nitrogen and oxygen atoms in total. The summed E-state index contributed by atoms with van der Waals surface area (Å²) >= 11 is 0. The molecule has 0 unspecified atom stereocenters. The number of nitriles is 2. The van der Waals surface area contributed by atoms with E-state index < -0.39 is 5.82 Å². The molecule has 0 radical (unpaired) electrons. The fraction of sp³-hybridized carbons (Fsp3) is 0.0588. The lowest BCUT2D eigenvalue weighted by Gasteiger charge is -2.07. The van der Waals surface area contributed by atoms with Crippen molar-refractivity contribution in [1.82, 2.24) is 4.57 Å². The number of aromatic nitrogens is 1. The molecule has 0 saturated heterocycles. The van der Waals surface area contributed by atoms with Crippen LogP contribution in [0.5, 0.6) is 0 Å². The quantitative estimate of drug-likeness (QED) is 0.717. The molecule has 0 N–H and O–H groups in total. The highest BCUT2D eigenvalue weighted by Gasteiger charge is 2.07. The number of nitrogens with zero attached hydrogens (tertiary/aromatic N) is 3. The van der Waals surface area contributed by atoms with Crippen LogP contribution >= 0.6 is 0 Å². The minimum atomic E-state index is -0.396. The maximum absolute atomic E-state index is 14.0. The van der Waals surface area contributed by atoms with Gasteiger partial charge in [-0.05, 0) is 35.7 Å². The first-order valence-electron chi connectivity index (χ1n) is 6.39. The summed E-state index contributed by atoms with van der Waals surface area (Å²) in [5.41, 5.74) is 2.27. The van der Waals surface area contributed by atoms with Gasteiger partial charge in [-0.1, -0.05) is 12.1 Å². The molecule has 0 aliphatic carbocycles. The molecule has 3 rings (SSSR count). The van der Waals surface area contributed by atoms with Gasteiger partial charge < -0.3 is 4.57 Å². The number of hydrogen-bond donors (Lipinski definition) is 0. The smallest absolute Gasteiger partial charge is 0.129 e. The Kier molecular flexibility index (Phi) is 3.14. The molecular formula is C17H10FN3. The average Bonchev–Trinajstić information content (AvgIpc) is 2.91. The predicted molar refractivity (Wildman–Crippen MR) is 76.9 cm³/mol. The van der Waals surface area contributed by atoms with Gasteiger partial charge >= 0.3 is 0 Å². The molecule has 0 bridgehead atoms. The number of rotatable bonds is 2. The van der Waals surface area contributed by atoms with Gasteiger partial charge in [0, 0.05) is 17.3 Å². The van der Waals surface area contributed by atoms with E-state index in [1.165, 1.54) is 6.07 Å². The Morgan fingerprint density at radius 2 is 1.67 bits per heavy atom. The highest BCUT2D eigenvalue weighted by molar-refractivity contribution is 5.81. The maximum Gasteiger partial charge on any atom is 0.129 e. The van der Waals surface area contributed by atoms with E-state index in [1.54, 1.807) is 24.3 Å². The van der Waals surface area contributed by atoms with Crippen molar-refractivity contribution >= 4 is 10.9 Å². The highest BCUT2D eigenvalue weighted by Crippen LogP contribution is 2.20. The summed E-state index contributed by atoms with van der Waals surface area (Å²) in [5, 5.41) is 18.7. The largest absolute Gasteiger partial charge is 0.343 e. The van der Waals surface area contributed by atoms with Gasteiger partial charge in [0.05, 0.1) is 29.8 Å². The van der Waals surface area contributed by atoms with E-state index in [0.717, 1.165) is 10.9 Å². The molecule has 100 valence electrons. The molecule has 2 aromatic carbocycles. The van der Waals surface area contributed by atoms with Crippen molar-refractivity contribution in [3.05, 3.63) is 71.2 Å². The number of halogens is 1. The zero-order valence-corrected chi connectivity index (χ0v) is 11.0.